The van der Waals surface area contributed by atoms with Crippen LogP contribution in [-0.4, -0.2) is 35.8 Å². The van der Waals surface area contributed by atoms with Crippen LogP contribution in [0, 0.1) is 17.3 Å². The van der Waals surface area contributed by atoms with Crippen LogP contribution in [0.15, 0.2) is 30.3 Å². The van der Waals surface area contributed by atoms with Gasteiger partial charge in [-0.2, -0.15) is 0 Å². The van der Waals surface area contributed by atoms with Gasteiger partial charge in [-0.1, -0.05) is 30.3 Å². The molecule has 1 amide bonds. The van der Waals surface area contributed by atoms with Crippen LogP contribution in [0.1, 0.15) is 77.7 Å². The maximum atomic E-state index is 12.2. The summed E-state index contributed by atoms with van der Waals surface area (Å²) in [5.74, 6) is 1.75. The number of hydrogen-bond donors (Lipinski definition) is 0. The molecule has 4 rings (SSSR count). The van der Waals surface area contributed by atoms with Gasteiger partial charge in [0, 0.05) is 18.5 Å². The van der Waals surface area contributed by atoms with Gasteiger partial charge in [0.05, 0.1) is 12.7 Å². The molecular weight excluding hydrogens is 374 g/mol. The molecule has 1 aromatic carbocycles. The number of carbonyl (C=O) groups is 1. The van der Waals surface area contributed by atoms with Crippen molar-refractivity contribution in [1.29, 1.82) is 0 Å². The smallest absolute Gasteiger partial charge is 0.410 e. The van der Waals surface area contributed by atoms with Gasteiger partial charge in [0.15, 0.2) is 0 Å². The van der Waals surface area contributed by atoms with Crippen molar-refractivity contribution in [2.45, 2.75) is 90.4 Å². The minimum Gasteiger partial charge on any atom is -0.444 e. The third kappa shape index (κ3) is 5.38. The lowest BCUT2D eigenvalue weighted by molar-refractivity contribution is -0.0617. The summed E-state index contributed by atoms with van der Waals surface area (Å²) in [6.45, 7) is 8.35. The summed E-state index contributed by atoms with van der Waals surface area (Å²) < 4.78 is 11.7. The lowest BCUT2D eigenvalue weighted by atomic mass is 9.62. The minimum absolute atomic E-state index is 0.135. The molecule has 2 aliphatic carbocycles. The van der Waals surface area contributed by atoms with E-state index in [0.717, 1.165) is 31.5 Å². The fourth-order valence-corrected chi connectivity index (χ4v) is 5.77. The molecule has 1 spiro atoms. The summed E-state index contributed by atoms with van der Waals surface area (Å²) >= 11 is 0. The van der Waals surface area contributed by atoms with Crippen LogP contribution in [0.2, 0.25) is 0 Å². The molecule has 1 saturated heterocycles. The zero-order chi connectivity index (χ0) is 21.2. The Bertz CT molecular complexity index is 687. The summed E-state index contributed by atoms with van der Waals surface area (Å²) in [4.78, 5) is 14.1. The molecular formula is C26H39NO3. The van der Waals surface area contributed by atoms with Crippen molar-refractivity contribution in [3.63, 3.8) is 0 Å². The fraction of sp³-hybridized carbons (Fsp3) is 0.731. The Labute approximate surface area is 182 Å². The maximum Gasteiger partial charge on any atom is 0.410 e. The van der Waals surface area contributed by atoms with Crippen molar-refractivity contribution >= 4 is 6.09 Å². The van der Waals surface area contributed by atoms with Gasteiger partial charge < -0.3 is 14.4 Å². The highest BCUT2D eigenvalue weighted by molar-refractivity contribution is 5.69. The SMILES string of the molecule is CC(C)(C)OC(=O)N1CC2(CCC(C3CCC(OCc4ccccc4)CC3)CC2)C1. The topological polar surface area (TPSA) is 38.8 Å². The third-order valence-corrected chi connectivity index (χ3v) is 7.51. The number of amides is 1. The molecule has 4 nitrogen and oxygen atoms in total. The molecule has 30 heavy (non-hydrogen) atoms. The first-order valence-electron chi connectivity index (χ1n) is 12.0. The maximum absolute atomic E-state index is 12.2. The van der Waals surface area contributed by atoms with Crippen molar-refractivity contribution in [3.05, 3.63) is 35.9 Å². The van der Waals surface area contributed by atoms with Gasteiger partial charge in [-0.15, -0.1) is 0 Å². The number of benzene rings is 1. The molecule has 166 valence electrons. The first-order chi connectivity index (χ1) is 14.3. The highest BCUT2D eigenvalue weighted by Gasteiger charge is 2.48. The largest absolute Gasteiger partial charge is 0.444 e. The normalized spacial score (nSPS) is 27.0. The van der Waals surface area contributed by atoms with Crippen molar-refractivity contribution in [3.8, 4) is 0 Å². The Morgan fingerprint density at radius 3 is 2.17 bits per heavy atom. The lowest BCUT2D eigenvalue weighted by Gasteiger charge is -2.54. The first-order valence-corrected chi connectivity index (χ1v) is 12.0. The Balaban J connectivity index is 1.15. The second-order valence-corrected chi connectivity index (χ2v) is 11.0. The standard InChI is InChI=1S/C26H39NO3/c1-25(2,3)30-24(28)27-18-26(19-27)15-13-22(14-16-26)21-9-11-23(12-10-21)29-17-20-7-5-4-6-8-20/h4-8,21-23H,9-19H2,1-3H3. The second-order valence-electron chi connectivity index (χ2n) is 11.0. The number of hydrogen-bond acceptors (Lipinski definition) is 3. The van der Waals surface area contributed by atoms with E-state index < -0.39 is 5.60 Å². The van der Waals surface area contributed by atoms with Gasteiger partial charge in [0.2, 0.25) is 0 Å². The summed E-state index contributed by atoms with van der Waals surface area (Å²) in [5.41, 5.74) is 1.25. The second kappa shape index (κ2) is 8.90. The average molecular weight is 414 g/mol. The van der Waals surface area contributed by atoms with E-state index in [9.17, 15) is 4.79 Å². The third-order valence-electron chi connectivity index (χ3n) is 7.51. The molecule has 0 aromatic heterocycles. The molecule has 3 fully saturated rings. The van der Waals surface area contributed by atoms with Crippen LogP contribution in [-0.2, 0) is 16.1 Å². The number of ether oxygens (including phenoxy) is 2. The van der Waals surface area contributed by atoms with E-state index in [2.05, 4.69) is 30.3 Å². The van der Waals surface area contributed by atoms with Gasteiger partial charge >= 0.3 is 6.09 Å². The van der Waals surface area contributed by atoms with Crippen LogP contribution in [0.5, 0.6) is 0 Å². The number of likely N-dealkylation sites (tertiary alicyclic amines) is 1. The van der Waals surface area contributed by atoms with Gasteiger partial charge in [0.25, 0.3) is 0 Å². The Morgan fingerprint density at radius 2 is 1.57 bits per heavy atom. The zero-order valence-corrected chi connectivity index (χ0v) is 19.1. The average Bonchev–Trinajstić information content (AvgIpc) is 2.70. The van der Waals surface area contributed by atoms with Gasteiger partial charge in [0.1, 0.15) is 5.60 Å². The highest BCUT2D eigenvalue weighted by Crippen LogP contribution is 2.49. The minimum atomic E-state index is -0.402. The van der Waals surface area contributed by atoms with Crippen molar-refractivity contribution in [2.24, 2.45) is 17.3 Å². The van der Waals surface area contributed by atoms with E-state index in [0.29, 0.717) is 11.5 Å². The molecule has 1 aliphatic heterocycles. The molecule has 0 N–H and O–H groups in total. The van der Waals surface area contributed by atoms with E-state index in [4.69, 9.17) is 9.47 Å². The lowest BCUT2D eigenvalue weighted by Crippen LogP contribution is -2.60. The first kappa shape index (κ1) is 21.7. The van der Waals surface area contributed by atoms with Crippen LogP contribution in [0.4, 0.5) is 4.79 Å². The van der Waals surface area contributed by atoms with Crippen molar-refractivity contribution in [2.75, 3.05) is 13.1 Å². The van der Waals surface area contributed by atoms with E-state index >= 15 is 0 Å². The summed E-state index contributed by atoms with van der Waals surface area (Å²) in [6, 6.07) is 10.5. The van der Waals surface area contributed by atoms with Gasteiger partial charge in [-0.05, 0) is 89.5 Å². The molecule has 3 aliphatic rings. The van der Waals surface area contributed by atoms with Gasteiger partial charge in [-0.3, -0.25) is 0 Å². The molecule has 0 radical (unpaired) electrons. The van der Waals surface area contributed by atoms with E-state index in [1.54, 1.807) is 0 Å². The number of rotatable bonds is 4. The van der Waals surface area contributed by atoms with Gasteiger partial charge in [-0.25, -0.2) is 4.79 Å². The molecule has 0 bridgehead atoms. The molecule has 1 aromatic rings. The van der Waals surface area contributed by atoms with E-state index in [1.807, 2.05) is 25.7 Å². The van der Waals surface area contributed by atoms with Crippen LogP contribution in [0.3, 0.4) is 0 Å². The monoisotopic (exact) mass is 413 g/mol. The molecule has 4 heteroatoms. The van der Waals surface area contributed by atoms with Crippen molar-refractivity contribution < 1.29 is 14.3 Å². The molecule has 0 atom stereocenters. The molecule has 1 heterocycles. The Hall–Kier alpha value is -1.55. The van der Waals surface area contributed by atoms with Crippen LogP contribution < -0.4 is 0 Å². The number of nitrogens with zero attached hydrogens (tertiary/aromatic N) is 1. The molecule has 0 unspecified atom stereocenters. The summed E-state index contributed by atoms with van der Waals surface area (Å²) in [6.07, 6.45) is 10.6. The quantitative estimate of drug-likeness (QED) is 0.591. The predicted molar refractivity (Wildman–Crippen MR) is 119 cm³/mol. The van der Waals surface area contributed by atoms with E-state index in [1.165, 1.54) is 56.9 Å². The summed E-state index contributed by atoms with van der Waals surface area (Å²) in [7, 11) is 0. The van der Waals surface area contributed by atoms with E-state index in [-0.39, 0.29) is 6.09 Å². The van der Waals surface area contributed by atoms with Crippen molar-refractivity contribution in [1.82, 2.24) is 4.90 Å². The number of carbonyl (C=O) groups excluding carboxylic acids is 1. The predicted octanol–water partition coefficient (Wildman–Crippen LogP) is 6.19. The highest BCUT2D eigenvalue weighted by atomic mass is 16.6. The summed E-state index contributed by atoms with van der Waals surface area (Å²) in [5, 5.41) is 0. The Morgan fingerprint density at radius 1 is 0.967 bits per heavy atom. The molecule has 2 saturated carbocycles. The fourth-order valence-electron chi connectivity index (χ4n) is 5.77. The zero-order valence-electron chi connectivity index (χ0n) is 19.1. The van der Waals surface area contributed by atoms with Crippen LogP contribution in [0.25, 0.3) is 0 Å². The van der Waals surface area contributed by atoms with Crippen LogP contribution >= 0.6 is 0 Å². The Kier molecular flexibility index (Phi) is 6.43.